The molecule has 0 fully saturated rings. The molecule has 0 radical (unpaired) electrons. The number of hydrogen-bond donors (Lipinski definition) is 0. The third-order valence-electron chi connectivity index (χ3n) is 11.2. The van der Waals surface area contributed by atoms with Crippen molar-refractivity contribution in [2.45, 2.75) is 271 Å². The lowest BCUT2D eigenvalue weighted by molar-refractivity contribution is -0.167. The van der Waals surface area contributed by atoms with Crippen molar-refractivity contribution in [3.63, 3.8) is 0 Å². The Hall–Kier alpha value is -1.59. The summed E-state index contributed by atoms with van der Waals surface area (Å²) in [6.07, 6.45) is 42.5. The Bertz CT molecular complexity index is 813. The van der Waals surface area contributed by atoms with Crippen molar-refractivity contribution in [3.8, 4) is 0 Å². The van der Waals surface area contributed by atoms with Gasteiger partial charge in [-0.2, -0.15) is 0 Å². The van der Waals surface area contributed by atoms with E-state index in [0.29, 0.717) is 19.3 Å². The molecule has 54 heavy (non-hydrogen) atoms. The van der Waals surface area contributed by atoms with E-state index in [4.69, 9.17) is 14.2 Å². The summed E-state index contributed by atoms with van der Waals surface area (Å²) in [6.45, 7) is 8.94. The summed E-state index contributed by atoms with van der Waals surface area (Å²) >= 11 is 0. The van der Waals surface area contributed by atoms with E-state index in [1.807, 2.05) is 0 Å². The van der Waals surface area contributed by atoms with Gasteiger partial charge in [-0.05, 0) is 25.2 Å². The highest BCUT2D eigenvalue weighted by molar-refractivity contribution is 5.71. The zero-order chi connectivity index (χ0) is 39.6. The van der Waals surface area contributed by atoms with Crippen LogP contribution >= 0.6 is 0 Å². The molecular weight excluding hydrogens is 673 g/mol. The van der Waals surface area contributed by atoms with Gasteiger partial charge in [-0.25, -0.2) is 0 Å². The molecule has 6 nitrogen and oxygen atoms in total. The van der Waals surface area contributed by atoms with E-state index in [0.717, 1.165) is 63.7 Å². The van der Waals surface area contributed by atoms with Gasteiger partial charge in [-0.3, -0.25) is 14.4 Å². The third kappa shape index (κ3) is 40.1. The number of carbonyl (C=O) groups excluding carboxylic acids is 3. The first-order valence-corrected chi connectivity index (χ1v) is 23.9. The van der Waals surface area contributed by atoms with Crippen LogP contribution in [0.25, 0.3) is 0 Å². The van der Waals surface area contributed by atoms with Crippen LogP contribution < -0.4 is 0 Å². The maximum Gasteiger partial charge on any atom is 0.306 e. The van der Waals surface area contributed by atoms with Crippen molar-refractivity contribution in [1.82, 2.24) is 0 Å². The molecule has 6 heteroatoms. The molecular formula is C48H92O6. The van der Waals surface area contributed by atoms with Crippen LogP contribution in [0.3, 0.4) is 0 Å². The van der Waals surface area contributed by atoms with E-state index in [-0.39, 0.29) is 31.1 Å². The lowest BCUT2D eigenvalue weighted by atomic mass is 10.00. The van der Waals surface area contributed by atoms with Crippen LogP contribution in [0.2, 0.25) is 0 Å². The lowest BCUT2D eigenvalue weighted by Gasteiger charge is -2.18. The molecule has 0 aliphatic carbocycles. The highest BCUT2D eigenvalue weighted by atomic mass is 16.6. The van der Waals surface area contributed by atoms with Gasteiger partial charge in [0.2, 0.25) is 0 Å². The quantitative estimate of drug-likeness (QED) is 0.0349. The minimum Gasteiger partial charge on any atom is -0.462 e. The lowest BCUT2D eigenvalue weighted by Crippen LogP contribution is -2.30. The average molecular weight is 765 g/mol. The van der Waals surface area contributed by atoms with E-state index >= 15 is 0 Å². The Kier molecular flexibility index (Phi) is 41.3. The molecule has 0 aromatic heterocycles. The van der Waals surface area contributed by atoms with Crippen LogP contribution in [0, 0.1) is 5.92 Å². The fourth-order valence-corrected chi connectivity index (χ4v) is 7.12. The zero-order valence-electron chi connectivity index (χ0n) is 36.7. The number of hydrogen-bond acceptors (Lipinski definition) is 6. The van der Waals surface area contributed by atoms with Crippen LogP contribution in [-0.4, -0.2) is 37.2 Å². The number of unbranched alkanes of at least 4 members (excludes halogenated alkanes) is 29. The second kappa shape index (κ2) is 42.6. The molecule has 0 rings (SSSR count). The summed E-state index contributed by atoms with van der Waals surface area (Å²) in [5, 5.41) is 0. The van der Waals surface area contributed by atoms with Crippen molar-refractivity contribution >= 4 is 17.9 Å². The second-order valence-electron chi connectivity index (χ2n) is 16.6. The Morgan fingerprint density at radius 1 is 0.370 bits per heavy atom. The summed E-state index contributed by atoms with van der Waals surface area (Å²) in [4.78, 5) is 37.6. The van der Waals surface area contributed by atoms with Crippen molar-refractivity contribution in [3.05, 3.63) is 0 Å². The van der Waals surface area contributed by atoms with Gasteiger partial charge in [0.15, 0.2) is 6.10 Å². The molecule has 0 spiro atoms. The molecule has 0 amide bonds. The Morgan fingerprint density at radius 3 is 0.963 bits per heavy atom. The van der Waals surface area contributed by atoms with Gasteiger partial charge in [0.05, 0.1) is 0 Å². The highest BCUT2D eigenvalue weighted by Gasteiger charge is 2.19. The maximum absolute atomic E-state index is 12.6. The highest BCUT2D eigenvalue weighted by Crippen LogP contribution is 2.17. The zero-order valence-corrected chi connectivity index (χ0v) is 36.7. The van der Waals surface area contributed by atoms with Gasteiger partial charge in [-0.1, -0.05) is 227 Å². The molecule has 0 aliphatic heterocycles. The Labute approximate surface area is 336 Å². The SMILES string of the molecule is CCCCCCCCCCCCCCCCCCCCCC(=O)OC[C@@H](COC(=O)CCCCCCCCC(C)CC)OC(=O)CCCCCCCCC. The molecule has 0 aromatic carbocycles. The van der Waals surface area contributed by atoms with Crippen LogP contribution in [0.4, 0.5) is 0 Å². The number of carbonyl (C=O) groups is 3. The van der Waals surface area contributed by atoms with Crippen LogP contribution in [-0.2, 0) is 28.6 Å². The predicted octanol–water partition coefficient (Wildman–Crippen LogP) is 15.1. The standard InChI is InChI=1S/C48H92O6/c1-5-8-10-12-14-15-16-17-18-19-20-21-22-23-24-25-27-31-35-39-46(49)52-42-45(54-48(51)41-37-33-26-13-11-9-6-2)43-53-47(50)40-36-32-29-28-30-34-38-44(4)7-3/h44-45H,5-43H2,1-4H3/t44?,45-/m0/s1. The Balaban J connectivity index is 4.14. The second-order valence-corrected chi connectivity index (χ2v) is 16.6. The molecule has 0 aliphatic rings. The molecule has 0 heterocycles. The first kappa shape index (κ1) is 52.4. The van der Waals surface area contributed by atoms with E-state index < -0.39 is 6.10 Å². The average Bonchev–Trinajstić information content (AvgIpc) is 3.17. The van der Waals surface area contributed by atoms with E-state index in [2.05, 4.69) is 27.7 Å². The molecule has 2 atom stereocenters. The Morgan fingerprint density at radius 2 is 0.648 bits per heavy atom. The van der Waals surface area contributed by atoms with E-state index in [1.165, 1.54) is 161 Å². The maximum atomic E-state index is 12.6. The third-order valence-corrected chi connectivity index (χ3v) is 11.2. The summed E-state index contributed by atoms with van der Waals surface area (Å²) in [6, 6.07) is 0. The topological polar surface area (TPSA) is 78.9 Å². The van der Waals surface area contributed by atoms with E-state index in [1.54, 1.807) is 0 Å². The summed E-state index contributed by atoms with van der Waals surface area (Å²) in [5.74, 6) is -0.0475. The monoisotopic (exact) mass is 765 g/mol. The number of rotatable bonds is 43. The first-order chi connectivity index (χ1) is 26.4. The number of ether oxygens (including phenoxy) is 3. The van der Waals surface area contributed by atoms with Gasteiger partial charge >= 0.3 is 17.9 Å². The van der Waals surface area contributed by atoms with Gasteiger partial charge in [-0.15, -0.1) is 0 Å². The van der Waals surface area contributed by atoms with Crippen molar-refractivity contribution in [2.75, 3.05) is 13.2 Å². The van der Waals surface area contributed by atoms with Crippen molar-refractivity contribution < 1.29 is 28.6 Å². The fraction of sp³-hybridized carbons (Fsp3) is 0.938. The van der Waals surface area contributed by atoms with Crippen molar-refractivity contribution in [1.29, 1.82) is 0 Å². The van der Waals surface area contributed by atoms with E-state index in [9.17, 15) is 14.4 Å². The smallest absolute Gasteiger partial charge is 0.306 e. The predicted molar refractivity (Wildman–Crippen MR) is 229 cm³/mol. The van der Waals surface area contributed by atoms with Gasteiger partial charge in [0.1, 0.15) is 13.2 Å². The van der Waals surface area contributed by atoms with Gasteiger partial charge in [0, 0.05) is 19.3 Å². The normalized spacial score (nSPS) is 12.4. The van der Waals surface area contributed by atoms with Crippen LogP contribution in [0.15, 0.2) is 0 Å². The fourth-order valence-electron chi connectivity index (χ4n) is 7.12. The summed E-state index contributed by atoms with van der Waals surface area (Å²) < 4.78 is 16.7. The number of esters is 3. The molecule has 320 valence electrons. The first-order valence-electron chi connectivity index (χ1n) is 23.9. The van der Waals surface area contributed by atoms with Gasteiger partial charge in [0.25, 0.3) is 0 Å². The molecule has 0 bridgehead atoms. The largest absolute Gasteiger partial charge is 0.462 e. The van der Waals surface area contributed by atoms with Crippen LogP contribution in [0.5, 0.6) is 0 Å². The molecule has 1 unspecified atom stereocenters. The summed E-state index contributed by atoms with van der Waals surface area (Å²) in [5.41, 5.74) is 0. The minimum absolute atomic E-state index is 0.0648. The minimum atomic E-state index is -0.759. The summed E-state index contributed by atoms with van der Waals surface area (Å²) in [7, 11) is 0. The molecule has 0 saturated heterocycles. The molecule has 0 N–H and O–H groups in total. The molecule has 0 saturated carbocycles. The molecule has 0 aromatic rings. The van der Waals surface area contributed by atoms with Crippen molar-refractivity contribution in [2.24, 2.45) is 5.92 Å². The van der Waals surface area contributed by atoms with Crippen LogP contribution in [0.1, 0.15) is 265 Å². The van der Waals surface area contributed by atoms with Gasteiger partial charge < -0.3 is 14.2 Å².